The van der Waals surface area contributed by atoms with Crippen molar-refractivity contribution in [2.45, 2.75) is 50.7 Å². The maximum atomic E-state index is 11.2. The second kappa shape index (κ2) is 4.49. The van der Waals surface area contributed by atoms with E-state index in [2.05, 4.69) is 11.7 Å². The number of hydrogen-bond acceptors (Lipinski definition) is 4. The summed E-state index contributed by atoms with van der Waals surface area (Å²) in [5.74, 6) is -0.238. The van der Waals surface area contributed by atoms with Gasteiger partial charge in [0, 0.05) is 12.1 Å². The lowest BCUT2D eigenvalue weighted by Gasteiger charge is -2.43. The number of ether oxygens (including phenoxy) is 2. The summed E-state index contributed by atoms with van der Waals surface area (Å²) in [4.78, 5) is 11.2. The lowest BCUT2D eigenvalue weighted by atomic mass is 9.78. The summed E-state index contributed by atoms with van der Waals surface area (Å²) >= 11 is 0. The SMILES string of the molecule is CCC1(C)CC(N)(CC(=O)OC)CCO1. The minimum Gasteiger partial charge on any atom is -0.469 e. The van der Waals surface area contributed by atoms with Gasteiger partial charge in [0.15, 0.2) is 0 Å². The van der Waals surface area contributed by atoms with Gasteiger partial charge in [-0.25, -0.2) is 0 Å². The standard InChI is InChI=1S/C11H21NO3/c1-4-10(2)8-11(12,5-6-15-10)7-9(13)14-3/h4-8,12H2,1-3H3. The van der Waals surface area contributed by atoms with Crippen LogP contribution < -0.4 is 5.73 Å². The fourth-order valence-corrected chi connectivity index (χ4v) is 2.12. The predicted molar refractivity (Wildman–Crippen MR) is 57.4 cm³/mol. The van der Waals surface area contributed by atoms with Gasteiger partial charge in [-0.2, -0.15) is 0 Å². The van der Waals surface area contributed by atoms with Gasteiger partial charge in [0.2, 0.25) is 0 Å². The van der Waals surface area contributed by atoms with Crippen LogP contribution in [0.3, 0.4) is 0 Å². The first kappa shape index (κ1) is 12.5. The first-order valence-electron chi connectivity index (χ1n) is 5.43. The second-order valence-electron chi connectivity index (χ2n) is 4.69. The molecule has 88 valence electrons. The molecule has 2 atom stereocenters. The minimum absolute atomic E-state index is 0.193. The van der Waals surface area contributed by atoms with Crippen molar-refractivity contribution in [1.82, 2.24) is 0 Å². The molecule has 0 spiro atoms. The Kier molecular flexibility index (Phi) is 3.73. The van der Waals surface area contributed by atoms with E-state index < -0.39 is 5.54 Å². The zero-order valence-corrected chi connectivity index (χ0v) is 9.84. The topological polar surface area (TPSA) is 61.6 Å². The van der Waals surface area contributed by atoms with Crippen molar-refractivity contribution >= 4 is 5.97 Å². The van der Waals surface area contributed by atoms with Crippen LogP contribution in [0.1, 0.15) is 39.5 Å². The minimum atomic E-state index is -0.462. The highest BCUT2D eigenvalue weighted by Gasteiger charge is 2.41. The quantitative estimate of drug-likeness (QED) is 0.719. The Hall–Kier alpha value is -0.610. The van der Waals surface area contributed by atoms with Crippen molar-refractivity contribution < 1.29 is 14.3 Å². The van der Waals surface area contributed by atoms with E-state index in [1.54, 1.807) is 0 Å². The molecule has 4 nitrogen and oxygen atoms in total. The monoisotopic (exact) mass is 215 g/mol. The molecule has 0 aromatic carbocycles. The summed E-state index contributed by atoms with van der Waals surface area (Å²) in [5, 5.41) is 0. The molecule has 0 saturated carbocycles. The molecule has 1 rings (SSSR count). The van der Waals surface area contributed by atoms with Crippen LogP contribution in [0.25, 0.3) is 0 Å². The molecule has 1 heterocycles. The van der Waals surface area contributed by atoms with Crippen LogP contribution in [0.15, 0.2) is 0 Å². The summed E-state index contributed by atoms with van der Waals surface area (Å²) in [6.45, 7) is 4.74. The Morgan fingerprint density at radius 1 is 1.60 bits per heavy atom. The first-order chi connectivity index (χ1) is 6.93. The molecule has 2 N–H and O–H groups in total. The highest BCUT2D eigenvalue weighted by Crippen LogP contribution is 2.34. The Balaban J connectivity index is 2.64. The molecule has 0 amide bonds. The van der Waals surface area contributed by atoms with Crippen LogP contribution >= 0.6 is 0 Å². The van der Waals surface area contributed by atoms with Crippen LogP contribution in [0.4, 0.5) is 0 Å². The number of hydrogen-bond donors (Lipinski definition) is 1. The number of carbonyl (C=O) groups excluding carboxylic acids is 1. The Bertz CT molecular complexity index is 244. The van der Waals surface area contributed by atoms with Gasteiger partial charge < -0.3 is 15.2 Å². The zero-order valence-electron chi connectivity index (χ0n) is 9.84. The number of nitrogens with two attached hydrogens (primary N) is 1. The Morgan fingerprint density at radius 3 is 2.80 bits per heavy atom. The zero-order chi connectivity index (χ0) is 11.5. The molecular formula is C11H21NO3. The van der Waals surface area contributed by atoms with Crippen molar-refractivity contribution in [1.29, 1.82) is 0 Å². The Morgan fingerprint density at radius 2 is 2.27 bits per heavy atom. The predicted octanol–water partition coefficient (Wildman–Crippen LogP) is 1.23. The van der Waals surface area contributed by atoms with E-state index in [4.69, 9.17) is 10.5 Å². The number of carbonyl (C=O) groups is 1. The Labute approximate surface area is 91.1 Å². The van der Waals surface area contributed by atoms with E-state index in [-0.39, 0.29) is 18.0 Å². The van der Waals surface area contributed by atoms with E-state index in [1.807, 2.05) is 6.92 Å². The van der Waals surface area contributed by atoms with Gasteiger partial charge in [-0.3, -0.25) is 4.79 Å². The smallest absolute Gasteiger partial charge is 0.307 e. The normalized spacial score (nSPS) is 36.3. The number of esters is 1. The van der Waals surface area contributed by atoms with Gasteiger partial charge in [-0.1, -0.05) is 6.92 Å². The molecular weight excluding hydrogens is 194 g/mol. The molecule has 1 fully saturated rings. The van der Waals surface area contributed by atoms with Gasteiger partial charge in [-0.05, 0) is 26.2 Å². The van der Waals surface area contributed by atoms with Gasteiger partial charge >= 0.3 is 5.97 Å². The van der Waals surface area contributed by atoms with Crippen LogP contribution in [0.5, 0.6) is 0 Å². The van der Waals surface area contributed by atoms with Gasteiger partial charge in [0.05, 0.1) is 19.1 Å². The van der Waals surface area contributed by atoms with Crippen LogP contribution in [-0.4, -0.2) is 30.8 Å². The van der Waals surface area contributed by atoms with E-state index in [0.717, 1.165) is 12.8 Å². The lowest BCUT2D eigenvalue weighted by molar-refractivity contribution is -0.146. The van der Waals surface area contributed by atoms with E-state index >= 15 is 0 Å². The highest BCUT2D eigenvalue weighted by molar-refractivity contribution is 5.70. The maximum Gasteiger partial charge on any atom is 0.307 e. The third-order valence-electron chi connectivity index (χ3n) is 3.25. The molecule has 4 heteroatoms. The van der Waals surface area contributed by atoms with E-state index in [1.165, 1.54) is 7.11 Å². The largest absolute Gasteiger partial charge is 0.469 e. The average molecular weight is 215 g/mol. The summed E-state index contributed by atoms with van der Waals surface area (Å²) in [6.07, 6.45) is 2.62. The molecule has 2 unspecified atom stereocenters. The van der Waals surface area contributed by atoms with Crippen LogP contribution in [0.2, 0.25) is 0 Å². The molecule has 0 aromatic rings. The van der Waals surface area contributed by atoms with Crippen molar-refractivity contribution in [3.63, 3.8) is 0 Å². The number of methoxy groups -OCH3 is 1. The van der Waals surface area contributed by atoms with Crippen LogP contribution in [0, 0.1) is 0 Å². The summed E-state index contributed by atoms with van der Waals surface area (Å²) in [6, 6.07) is 0. The molecule has 0 aromatic heterocycles. The second-order valence-corrected chi connectivity index (χ2v) is 4.69. The molecule has 1 aliphatic heterocycles. The molecule has 0 radical (unpaired) electrons. The molecule has 0 bridgehead atoms. The average Bonchev–Trinajstić information content (AvgIpc) is 2.16. The third kappa shape index (κ3) is 3.18. The van der Waals surface area contributed by atoms with E-state index in [9.17, 15) is 4.79 Å². The van der Waals surface area contributed by atoms with Crippen molar-refractivity contribution in [2.24, 2.45) is 5.73 Å². The van der Waals surface area contributed by atoms with Gasteiger partial charge in [0.1, 0.15) is 0 Å². The van der Waals surface area contributed by atoms with E-state index in [0.29, 0.717) is 13.0 Å². The maximum absolute atomic E-state index is 11.2. The molecule has 0 aliphatic carbocycles. The summed E-state index contributed by atoms with van der Waals surface area (Å²) < 4.78 is 10.4. The summed E-state index contributed by atoms with van der Waals surface area (Å²) in [5.41, 5.74) is 5.55. The van der Waals surface area contributed by atoms with Crippen molar-refractivity contribution in [3.8, 4) is 0 Å². The first-order valence-corrected chi connectivity index (χ1v) is 5.43. The summed E-state index contributed by atoms with van der Waals surface area (Å²) in [7, 11) is 1.39. The fourth-order valence-electron chi connectivity index (χ4n) is 2.12. The fraction of sp³-hybridized carbons (Fsp3) is 0.909. The lowest BCUT2D eigenvalue weighted by Crippen LogP contribution is -2.53. The molecule has 1 saturated heterocycles. The third-order valence-corrected chi connectivity index (χ3v) is 3.25. The van der Waals surface area contributed by atoms with Crippen molar-refractivity contribution in [3.05, 3.63) is 0 Å². The molecule has 15 heavy (non-hydrogen) atoms. The molecule has 1 aliphatic rings. The van der Waals surface area contributed by atoms with Gasteiger partial charge in [-0.15, -0.1) is 0 Å². The van der Waals surface area contributed by atoms with Gasteiger partial charge in [0.25, 0.3) is 0 Å². The highest BCUT2D eigenvalue weighted by atomic mass is 16.5. The number of rotatable bonds is 3. The van der Waals surface area contributed by atoms with Crippen molar-refractivity contribution in [2.75, 3.05) is 13.7 Å². The van der Waals surface area contributed by atoms with Crippen LogP contribution in [-0.2, 0) is 14.3 Å².